The molecule has 1 aliphatic carbocycles. The third kappa shape index (κ3) is 3.62. The maximum atomic E-state index is 11.9. The van der Waals surface area contributed by atoms with Gasteiger partial charge in [0.2, 0.25) is 0 Å². The number of hydrogen-bond donors (Lipinski definition) is 3. The Balaban J connectivity index is 0.00000162. The van der Waals surface area contributed by atoms with E-state index in [9.17, 15) is 9.90 Å². The summed E-state index contributed by atoms with van der Waals surface area (Å²) in [7, 11) is 0. The molecule has 1 aromatic rings. The first-order valence-electron chi connectivity index (χ1n) is 6.01. The van der Waals surface area contributed by atoms with Gasteiger partial charge in [-0.3, -0.25) is 4.79 Å². The van der Waals surface area contributed by atoms with Gasteiger partial charge in [-0.25, -0.2) is 0 Å². The summed E-state index contributed by atoms with van der Waals surface area (Å²) in [5, 5.41) is 12.6. The quantitative estimate of drug-likeness (QED) is 0.717. The number of anilines is 1. The third-order valence-electron chi connectivity index (χ3n) is 3.22. The molecule has 0 heterocycles. The summed E-state index contributed by atoms with van der Waals surface area (Å²) < 4.78 is 0. The van der Waals surface area contributed by atoms with E-state index in [4.69, 9.17) is 5.73 Å². The van der Waals surface area contributed by atoms with Crippen molar-refractivity contribution in [2.45, 2.75) is 37.8 Å². The molecule has 5 heteroatoms. The summed E-state index contributed by atoms with van der Waals surface area (Å²) in [6, 6.07) is 6.67. The highest BCUT2D eigenvalue weighted by Gasteiger charge is 2.24. The molecule has 0 aromatic heterocycles. The molecule has 2 atom stereocenters. The van der Waals surface area contributed by atoms with Crippen molar-refractivity contribution < 1.29 is 9.90 Å². The van der Waals surface area contributed by atoms with Crippen LogP contribution < -0.4 is 11.1 Å². The van der Waals surface area contributed by atoms with Gasteiger partial charge in [0.15, 0.2) is 0 Å². The number of benzene rings is 1. The summed E-state index contributed by atoms with van der Waals surface area (Å²) >= 11 is 0. The molecule has 0 saturated heterocycles. The van der Waals surface area contributed by atoms with Gasteiger partial charge in [0.05, 0.1) is 12.1 Å². The predicted molar refractivity (Wildman–Crippen MR) is 73.8 cm³/mol. The first-order valence-corrected chi connectivity index (χ1v) is 6.01. The van der Waals surface area contributed by atoms with Crippen LogP contribution in [0.25, 0.3) is 0 Å². The second kappa shape index (κ2) is 6.61. The average molecular weight is 271 g/mol. The van der Waals surface area contributed by atoms with Crippen molar-refractivity contribution in [3.05, 3.63) is 29.8 Å². The molecule has 4 N–H and O–H groups in total. The Morgan fingerprint density at radius 1 is 1.22 bits per heavy atom. The molecular weight excluding hydrogens is 252 g/mol. The summed E-state index contributed by atoms with van der Waals surface area (Å²) in [5.74, 6) is -0.143. The van der Waals surface area contributed by atoms with E-state index in [1.807, 2.05) is 0 Å². The van der Waals surface area contributed by atoms with Crippen molar-refractivity contribution in [3.8, 4) is 0 Å². The lowest BCUT2D eigenvalue weighted by Crippen LogP contribution is -2.45. The number of rotatable bonds is 2. The van der Waals surface area contributed by atoms with Gasteiger partial charge in [-0.05, 0) is 37.1 Å². The van der Waals surface area contributed by atoms with Crippen LogP contribution in [-0.2, 0) is 0 Å². The molecule has 18 heavy (non-hydrogen) atoms. The normalized spacial score (nSPS) is 22.9. The van der Waals surface area contributed by atoms with E-state index in [0.29, 0.717) is 11.3 Å². The second-order valence-electron chi connectivity index (χ2n) is 4.55. The van der Waals surface area contributed by atoms with Crippen LogP contribution in [0.4, 0.5) is 5.69 Å². The van der Waals surface area contributed by atoms with Crippen molar-refractivity contribution in [1.29, 1.82) is 0 Å². The number of halogens is 1. The summed E-state index contributed by atoms with van der Waals surface area (Å²) in [5.41, 5.74) is 6.78. The van der Waals surface area contributed by atoms with Crippen molar-refractivity contribution in [3.63, 3.8) is 0 Å². The zero-order chi connectivity index (χ0) is 12.3. The monoisotopic (exact) mass is 270 g/mol. The number of amides is 1. The molecular formula is C13H19ClN2O2. The number of aliphatic hydroxyl groups is 1. The fourth-order valence-corrected chi connectivity index (χ4v) is 2.17. The van der Waals surface area contributed by atoms with E-state index in [1.165, 1.54) is 0 Å². The Labute approximate surface area is 113 Å². The second-order valence-corrected chi connectivity index (χ2v) is 4.55. The van der Waals surface area contributed by atoms with Crippen LogP contribution in [0.1, 0.15) is 36.0 Å². The van der Waals surface area contributed by atoms with Gasteiger partial charge in [-0.1, -0.05) is 12.8 Å². The highest BCUT2D eigenvalue weighted by Crippen LogP contribution is 2.18. The number of nitrogen functional groups attached to an aromatic ring is 1. The maximum Gasteiger partial charge on any atom is 0.251 e. The molecule has 100 valence electrons. The number of hydrogen-bond acceptors (Lipinski definition) is 3. The first kappa shape index (κ1) is 14.8. The summed E-state index contributed by atoms with van der Waals surface area (Å²) in [4.78, 5) is 11.9. The zero-order valence-electron chi connectivity index (χ0n) is 10.1. The maximum absolute atomic E-state index is 11.9. The third-order valence-corrected chi connectivity index (χ3v) is 3.22. The standard InChI is InChI=1S/C13H18N2O2.ClH/c14-10-7-5-9(6-8-10)13(17)15-11-3-1-2-4-12(11)16;/h5-8,11-12,16H,1-4,14H2,(H,15,17);1H/t11-,12-;/m0./s1. The first-order chi connectivity index (χ1) is 8.16. The van der Waals surface area contributed by atoms with Gasteiger partial charge in [-0.15, -0.1) is 12.4 Å². The SMILES string of the molecule is Cl.Nc1ccc(C(=O)N[C@H]2CCCC[C@@H]2O)cc1. The van der Waals surface area contributed by atoms with E-state index in [0.717, 1.165) is 25.7 Å². The molecule has 1 aromatic carbocycles. The summed E-state index contributed by atoms with van der Waals surface area (Å²) in [6.45, 7) is 0. The average Bonchev–Trinajstić information content (AvgIpc) is 2.33. The highest BCUT2D eigenvalue weighted by molar-refractivity contribution is 5.94. The fraction of sp³-hybridized carbons (Fsp3) is 0.462. The van der Waals surface area contributed by atoms with Crippen molar-refractivity contribution in [2.75, 3.05) is 5.73 Å². The summed E-state index contributed by atoms with van der Waals surface area (Å²) in [6.07, 6.45) is 3.30. The number of nitrogens with two attached hydrogens (primary N) is 1. The van der Waals surface area contributed by atoms with Gasteiger partial charge in [0.25, 0.3) is 5.91 Å². The van der Waals surface area contributed by atoms with Gasteiger partial charge < -0.3 is 16.2 Å². The van der Waals surface area contributed by atoms with Crippen LogP contribution >= 0.6 is 12.4 Å². The van der Waals surface area contributed by atoms with Crippen LogP contribution in [0.15, 0.2) is 24.3 Å². The molecule has 1 amide bonds. The molecule has 0 aliphatic heterocycles. The Morgan fingerprint density at radius 2 is 1.83 bits per heavy atom. The predicted octanol–water partition coefficient (Wildman–Crippen LogP) is 1.72. The Kier molecular flexibility index (Phi) is 5.44. The van der Waals surface area contributed by atoms with Gasteiger partial charge in [0.1, 0.15) is 0 Å². The van der Waals surface area contributed by atoms with Crippen molar-refractivity contribution >= 4 is 24.0 Å². The largest absolute Gasteiger partial charge is 0.399 e. The minimum atomic E-state index is -0.415. The van der Waals surface area contributed by atoms with E-state index < -0.39 is 6.10 Å². The highest BCUT2D eigenvalue weighted by atomic mass is 35.5. The van der Waals surface area contributed by atoms with Crippen LogP contribution in [-0.4, -0.2) is 23.2 Å². The number of aliphatic hydroxyl groups excluding tert-OH is 1. The van der Waals surface area contributed by atoms with E-state index >= 15 is 0 Å². The molecule has 1 saturated carbocycles. The Bertz CT molecular complexity index is 394. The lowest BCUT2D eigenvalue weighted by atomic mass is 9.92. The molecule has 2 rings (SSSR count). The molecule has 1 fully saturated rings. The number of nitrogens with one attached hydrogen (secondary N) is 1. The van der Waals surface area contributed by atoms with Crippen molar-refractivity contribution in [1.82, 2.24) is 5.32 Å². The molecule has 0 bridgehead atoms. The van der Waals surface area contributed by atoms with Crippen LogP contribution in [0.2, 0.25) is 0 Å². The lowest BCUT2D eigenvalue weighted by Gasteiger charge is -2.28. The topological polar surface area (TPSA) is 75.4 Å². The Morgan fingerprint density at radius 3 is 2.44 bits per heavy atom. The zero-order valence-corrected chi connectivity index (χ0v) is 11.0. The van der Waals surface area contributed by atoms with Crippen LogP contribution in [0.5, 0.6) is 0 Å². The van der Waals surface area contributed by atoms with Crippen molar-refractivity contribution in [2.24, 2.45) is 0 Å². The Hall–Kier alpha value is -1.26. The van der Waals surface area contributed by atoms with E-state index in [2.05, 4.69) is 5.32 Å². The van der Waals surface area contributed by atoms with Gasteiger partial charge in [0, 0.05) is 11.3 Å². The van der Waals surface area contributed by atoms with Crippen LogP contribution in [0, 0.1) is 0 Å². The fourth-order valence-electron chi connectivity index (χ4n) is 2.17. The number of carbonyl (C=O) groups excluding carboxylic acids is 1. The molecule has 0 spiro atoms. The van der Waals surface area contributed by atoms with Crippen LogP contribution in [0.3, 0.4) is 0 Å². The minimum absolute atomic E-state index is 0. The van der Waals surface area contributed by atoms with Gasteiger partial charge in [-0.2, -0.15) is 0 Å². The van der Waals surface area contributed by atoms with E-state index in [1.54, 1.807) is 24.3 Å². The van der Waals surface area contributed by atoms with Gasteiger partial charge >= 0.3 is 0 Å². The smallest absolute Gasteiger partial charge is 0.251 e. The molecule has 1 aliphatic rings. The molecule has 0 radical (unpaired) electrons. The van der Waals surface area contributed by atoms with E-state index in [-0.39, 0.29) is 24.4 Å². The molecule has 4 nitrogen and oxygen atoms in total. The number of carbonyl (C=O) groups is 1. The lowest BCUT2D eigenvalue weighted by molar-refractivity contribution is 0.0717. The minimum Gasteiger partial charge on any atom is -0.399 e. The molecule has 0 unspecified atom stereocenters.